The van der Waals surface area contributed by atoms with Gasteiger partial charge in [-0.3, -0.25) is 9.59 Å². The molecule has 8 heteroatoms. The van der Waals surface area contributed by atoms with Crippen molar-refractivity contribution in [2.75, 3.05) is 16.8 Å². The Morgan fingerprint density at radius 2 is 1.86 bits per heavy atom. The molecule has 1 N–H and O–H groups in total. The third-order valence-electron chi connectivity index (χ3n) is 6.00. The minimum atomic E-state index is -3.14. The molecule has 1 atom stereocenters. The van der Waals surface area contributed by atoms with E-state index in [1.807, 2.05) is 18.2 Å². The lowest BCUT2D eigenvalue weighted by molar-refractivity contribution is -0.133. The molecule has 1 saturated heterocycles. The Morgan fingerprint density at radius 1 is 1.07 bits per heavy atom. The SMILES string of the molecule is O=C(Nc1ccc2c3c(cccc13)CC2)C1=NN(C2CCS(=O)(=O)C2)C(=O)CC1. The van der Waals surface area contributed by atoms with Crippen molar-refractivity contribution >= 4 is 43.8 Å². The number of carbonyl (C=O) groups excluding carboxylic acids is 2. The summed E-state index contributed by atoms with van der Waals surface area (Å²) in [5.41, 5.74) is 3.58. The van der Waals surface area contributed by atoms with E-state index >= 15 is 0 Å². The van der Waals surface area contributed by atoms with Gasteiger partial charge in [0.25, 0.3) is 5.91 Å². The van der Waals surface area contributed by atoms with Crippen molar-refractivity contribution in [2.24, 2.45) is 5.10 Å². The summed E-state index contributed by atoms with van der Waals surface area (Å²) in [5, 5.41) is 10.7. The molecule has 2 aromatic carbocycles. The van der Waals surface area contributed by atoms with E-state index in [4.69, 9.17) is 0 Å². The molecule has 2 heterocycles. The molecule has 1 fully saturated rings. The molecule has 0 spiro atoms. The van der Waals surface area contributed by atoms with Gasteiger partial charge in [0.2, 0.25) is 5.91 Å². The average molecular weight is 411 g/mol. The van der Waals surface area contributed by atoms with E-state index in [0.717, 1.165) is 23.9 Å². The normalized spacial score (nSPS) is 22.8. The van der Waals surface area contributed by atoms with Gasteiger partial charge in [0, 0.05) is 23.9 Å². The van der Waals surface area contributed by atoms with Gasteiger partial charge in [-0.1, -0.05) is 24.3 Å². The van der Waals surface area contributed by atoms with Crippen molar-refractivity contribution in [1.29, 1.82) is 0 Å². The average Bonchev–Trinajstić information content (AvgIpc) is 3.28. The number of benzene rings is 2. The van der Waals surface area contributed by atoms with Crippen LogP contribution in [0.3, 0.4) is 0 Å². The highest BCUT2D eigenvalue weighted by molar-refractivity contribution is 7.91. The number of hydrazone groups is 1. The standard InChI is InChI=1S/C21H21N3O4S/c25-19-9-8-18(23-24(19)15-10-11-29(27,28)12-15)21(26)22-17-7-6-14-5-4-13-2-1-3-16(17)20(13)14/h1-3,6-7,15H,4-5,8-12H2,(H,22,26). The zero-order valence-corrected chi connectivity index (χ0v) is 16.7. The van der Waals surface area contributed by atoms with E-state index in [2.05, 4.69) is 22.6 Å². The first kappa shape index (κ1) is 18.3. The Hall–Kier alpha value is -2.74. The van der Waals surface area contributed by atoms with Crippen LogP contribution >= 0.6 is 0 Å². The largest absolute Gasteiger partial charge is 0.320 e. The summed E-state index contributed by atoms with van der Waals surface area (Å²) in [6, 6.07) is 9.62. The summed E-state index contributed by atoms with van der Waals surface area (Å²) < 4.78 is 23.5. The Kier molecular flexibility index (Phi) is 4.20. The fourth-order valence-corrected chi connectivity index (χ4v) is 6.23. The van der Waals surface area contributed by atoms with Gasteiger partial charge in [-0.25, -0.2) is 13.4 Å². The van der Waals surface area contributed by atoms with Crippen LogP contribution in [0.5, 0.6) is 0 Å². The van der Waals surface area contributed by atoms with Gasteiger partial charge in [-0.15, -0.1) is 0 Å². The van der Waals surface area contributed by atoms with Gasteiger partial charge in [0.05, 0.1) is 17.5 Å². The first-order valence-electron chi connectivity index (χ1n) is 9.86. The summed E-state index contributed by atoms with van der Waals surface area (Å²) in [4.78, 5) is 25.2. The van der Waals surface area contributed by atoms with Crippen molar-refractivity contribution in [3.05, 3.63) is 41.5 Å². The van der Waals surface area contributed by atoms with Crippen LogP contribution in [0.2, 0.25) is 0 Å². The number of sulfone groups is 1. The van der Waals surface area contributed by atoms with Crippen LogP contribution in [0.15, 0.2) is 35.4 Å². The maximum atomic E-state index is 12.9. The molecule has 150 valence electrons. The van der Waals surface area contributed by atoms with Gasteiger partial charge in [-0.05, 0) is 41.8 Å². The topological polar surface area (TPSA) is 95.9 Å². The lowest BCUT2D eigenvalue weighted by Crippen LogP contribution is -2.42. The number of rotatable bonds is 3. The summed E-state index contributed by atoms with van der Waals surface area (Å²) >= 11 is 0. The van der Waals surface area contributed by atoms with Crippen molar-refractivity contribution in [3.63, 3.8) is 0 Å². The number of nitrogens with one attached hydrogen (secondary N) is 1. The summed E-state index contributed by atoms with van der Waals surface area (Å²) in [6.45, 7) is 0. The zero-order chi connectivity index (χ0) is 20.2. The molecule has 0 saturated carbocycles. The molecule has 0 bridgehead atoms. The lowest BCUT2D eigenvalue weighted by Gasteiger charge is -2.27. The minimum Gasteiger partial charge on any atom is -0.320 e. The lowest BCUT2D eigenvalue weighted by atomic mass is 10.0. The number of aryl methyl sites for hydroxylation is 2. The van der Waals surface area contributed by atoms with Crippen LogP contribution in [-0.4, -0.2) is 48.5 Å². The van der Waals surface area contributed by atoms with E-state index < -0.39 is 15.9 Å². The molecule has 2 aliphatic heterocycles. The maximum Gasteiger partial charge on any atom is 0.271 e. The predicted octanol–water partition coefficient (Wildman–Crippen LogP) is 2.04. The first-order chi connectivity index (χ1) is 13.9. The smallest absolute Gasteiger partial charge is 0.271 e. The Morgan fingerprint density at radius 3 is 2.62 bits per heavy atom. The van der Waals surface area contributed by atoms with Crippen LogP contribution < -0.4 is 5.32 Å². The fourth-order valence-electron chi connectivity index (χ4n) is 4.54. The summed E-state index contributed by atoms with van der Waals surface area (Å²) in [7, 11) is -3.14. The maximum absolute atomic E-state index is 12.9. The molecule has 29 heavy (non-hydrogen) atoms. The van der Waals surface area contributed by atoms with Gasteiger partial charge in [0.15, 0.2) is 9.84 Å². The number of anilines is 1. The van der Waals surface area contributed by atoms with Crippen molar-refractivity contribution in [3.8, 4) is 0 Å². The number of amides is 2. The van der Waals surface area contributed by atoms with Crippen molar-refractivity contribution in [1.82, 2.24) is 5.01 Å². The molecule has 5 rings (SSSR count). The molecule has 7 nitrogen and oxygen atoms in total. The summed E-state index contributed by atoms with van der Waals surface area (Å²) in [6.07, 6.45) is 2.80. The first-order valence-corrected chi connectivity index (χ1v) is 11.7. The number of hydrogen-bond donors (Lipinski definition) is 1. The third kappa shape index (κ3) is 3.21. The van der Waals surface area contributed by atoms with Crippen molar-refractivity contribution < 1.29 is 18.0 Å². The monoisotopic (exact) mass is 411 g/mol. The molecular formula is C21H21N3O4S. The van der Waals surface area contributed by atoms with Crippen LogP contribution in [0, 0.1) is 0 Å². The molecule has 1 unspecified atom stereocenters. The number of carbonyl (C=O) groups is 2. The van der Waals surface area contributed by atoms with Crippen LogP contribution in [0.25, 0.3) is 10.8 Å². The van der Waals surface area contributed by atoms with Gasteiger partial charge < -0.3 is 5.32 Å². The van der Waals surface area contributed by atoms with E-state index in [-0.39, 0.29) is 41.9 Å². The van der Waals surface area contributed by atoms with Gasteiger partial charge >= 0.3 is 0 Å². The van der Waals surface area contributed by atoms with Crippen LogP contribution in [0.1, 0.15) is 30.4 Å². The second-order valence-corrected chi connectivity index (χ2v) is 10.1. The highest BCUT2D eigenvalue weighted by Gasteiger charge is 2.37. The Bertz CT molecular complexity index is 1180. The molecular weight excluding hydrogens is 390 g/mol. The van der Waals surface area contributed by atoms with Crippen LogP contribution in [0.4, 0.5) is 5.69 Å². The molecule has 0 aromatic heterocycles. The second-order valence-electron chi connectivity index (χ2n) is 7.91. The van der Waals surface area contributed by atoms with E-state index in [1.165, 1.54) is 21.5 Å². The number of hydrogen-bond acceptors (Lipinski definition) is 5. The number of nitrogens with zero attached hydrogens (tertiary/aromatic N) is 2. The highest BCUT2D eigenvalue weighted by atomic mass is 32.2. The van der Waals surface area contributed by atoms with Gasteiger partial charge in [0.1, 0.15) is 5.71 Å². The second kappa shape index (κ2) is 6.66. The predicted molar refractivity (Wildman–Crippen MR) is 111 cm³/mol. The van der Waals surface area contributed by atoms with E-state index in [1.54, 1.807) is 0 Å². The Labute approximate surface area is 168 Å². The summed E-state index contributed by atoms with van der Waals surface area (Å²) in [5.74, 6) is -0.610. The van der Waals surface area contributed by atoms with Crippen LogP contribution in [-0.2, 0) is 32.3 Å². The van der Waals surface area contributed by atoms with E-state index in [0.29, 0.717) is 6.42 Å². The Balaban J connectivity index is 1.42. The molecule has 0 radical (unpaired) electrons. The zero-order valence-electron chi connectivity index (χ0n) is 15.8. The molecule has 2 amide bonds. The highest BCUT2D eigenvalue weighted by Crippen LogP contribution is 2.35. The molecule has 1 aliphatic carbocycles. The fraction of sp³-hybridized carbons (Fsp3) is 0.381. The molecule has 3 aliphatic rings. The van der Waals surface area contributed by atoms with Crippen molar-refractivity contribution in [2.45, 2.75) is 38.1 Å². The van der Waals surface area contributed by atoms with E-state index in [9.17, 15) is 18.0 Å². The molecule has 2 aromatic rings. The minimum absolute atomic E-state index is 0.0547. The van der Waals surface area contributed by atoms with Gasteiger partial charge in [-0.2, -0.15) is 5.10 Å². The quantitative estimate of drug-likeness (QED) is 0.836. The third-order valence-corrected chi connectivity index (χ3v) is 7.75.